The highest BCUT2D eigenvalue weighted by Gasteiger charge is 2.30. The predicted octanol–water partition coefficient (Wildman–Crippen LogP) is 2.01. The Balaban J connectivity index is 2.01. The summed E-state index contributed by atoms with van der Waals surface area (Å²) in [6.45, 7) is 5.56. The monoisotopic (exact) mass is 419 g/mol. The number of para-hydroxylation sites is 1. The summed E-state index contributed by atoms with van der Waals surface area (Å²) < 4.78 is 3.31. The summed E-state index contributed by atoms with van der Waals surface area (Å²) in [4.78, 5) is 29.3. The number of nitrogens with one attached hydrogen (secondary N) is 1. The van der Waals surface area contributed by atoms with E-state index in [0.29, 0.717) is 44.0 Å². The lowest BCUT2D eigenvalue weighted by atomic mass is 10.1. The van der Waals surface area contributed by atoms with E-state index in [4.69, 9.17) is 5.73 Å². The molecule has 7 nitrogen and oxygen atoms in total. The number of imidazole rings is 1. The second-order valence-corrected chi connectivity index (χ2v) is 7.80. The second-order valence-electron chi connectivity index (χ2n) is 7.80. The Hall–Kier alpha value is -3.16. The van der Waals surface area contributed by atoms with E-state index in [0.717, 1.165) is 29.9 Å². The highest BCUT2D eigenvalue weighted by Crippen LogP contribution is 2.28. The van der Waals surface area contributed by atoms with Crippen LogP contribution < -0.4 is 16.7 Å². The van der Waals surface area contributed by atoms with E-state index in [1.54, 1.807) is 9.13 Å². The van der Waals surface area contributed by atoms with Crippen molar-refractivity contribution < 1.29 is 4.79 Å². The van der Waals surface area contributed by atoms with Crippen molar-refractivity contribution in [2.45, 2.75) is 19.9 Å². The molecule has 2 heterocycles. The molecule has 3 N–H and O–H groups in total. The maximum absolute atomic E-state index is 13.8. The van der Waals surface area contributed by atoms with Gasteiger partial charge in [-0.2, -0.15) is 0 Å². The number of aryl methyl sites for hydroxylation is 1. The molecule has 3 aromatic rings. The van der Waals surface area contributed by atoms with Crippen LogP contribution in [-0.2, 0) is 6.54 Å². The van der Waals surface area contributed by atoms with Gasteiger partial charge in [0, 0.05) is 38.3 Å². The molecule has 2 aromatic carbocycles. The van der Waals surface area contributed by atoms with Crippen LogP contribution in [0, 0.1) is 6.92 Å². The highest BCUT2D eigenvalue weighted by molar-refractivity contribution is 5.99. The van der Waals surface area contributed by atoms with Crippen LogP contribution in [0.2, 0.25) is 0 Å². The molecule has 0 atom stereocenters. The molecular weight excluding hydrogens is 390 g/mol. The zero-order chi connectivity index (χ0) is 21.8. The van der Waals surface area contributed by atoms with Crippen LogP contribution in [0.25, 0.3) is 16.9 Å². The van der Waals surface area contributed by atoms with E-state index in [-0.39, 0.29) is 11.6 Å². The summed E-state index contributed by atoms with van der Waals surface area (Å²) in [5.41, 5.74) is 9.23. The summed E-state index contributed by atoms with van der Waals surface area (Å²) in [5.74, 6) is -0.109. The van der Waals surface area contributed by atoms with Gasteiger partial charge < -0.3 is 16.0 Å². The molecule has 162 valence electrons. The lowest BCUT2D eigenvalue weighted by Gasteiger charge is -2.28. The number of amides is 1. The zero-order valence-electron chi connectivity index (χ0n) is 17.9. The van der Waals surface area contributed by atoms with Crippen molar-refractivity contribution in [3.8, 4) is 16.9 Å². The van der Waals surface area contributed by atoms with Gasteiger partial charge in [-0.25, -0.2) is 4.79 Å². The van der Waals surface area contributed by atoms with Gasteiger partial charge in [-0.15, -0.1) is 0 Å². The third kappa shape index (κ3) is 4.06. The van der Waals surface area contributed by atoms with Crippen molar-refractivity contribution >= 4 is 5.91 Å². The molecule has 1 aliphatic rings. The van der Waals surface area contributed by atoms with Crippen molar-refractivity contribution in [2.24, 2.45) is 5.73 Å². The third-order valence-corrected chi connectivity index (χ3v) is 5.74. The van der Waals surface area contributed by atoms with E-state index >= 15 is 0 Å². The maximum Gasteiger partial charge on any atom is 0.333 e. The number of nitrogens with zero attached hydrogens (tertiary/aromatic N) is 3. The molecule has 1 amide bonds. The molecule has 0 bridgehead atoms. The van der Waals surface area contributed by atoms with E-state index in [2.05, 4.69) is 5.32 Å². The molecule has 4 rings (SSSR count). The number of rotatable bonds is 6. The number of carbonyl (C=O) groups is 1. The number of hydrogen-bond acceptors (Lipinski definition) is 4. The summed E-state index contributed by atoms with van der Waals surface area (Å²) >= 11 is 0. The molecular formula is C24H29N5O2. The quantitative estimate of drug-likeness (QED) is 0.640. The minimum atomic E-state index is -0.208. The van der Waals surface area contributed by atoms with E-state index in [1.807, 2.05) is 66.4 Å². The van der Waals surface area contributed by atoms with Gasteiger partial charge in [0.2, 0.25) is 0 Å². The first-order valence-corrected chi connectivity index (χ1v) is 10.8. The van der Waals surface area contributed by atoms with Gasteiger partial charge in [-0.1, -0.05) is 48.5 Å². The molecule has 1 aromatic heterocycles. The molecule has 0 aliphatic carbocycles. The fraction of sp³-hybridized carbons (Fsp3) is 0.333. The van der Waals surface area contributed by atoms with Crippen molar-refractivity contribution in [1.82, 2.24) is 19.4 Å². The first-order chi connectivity index (χ1) is 15.1. The predicted molar refractivity (Wildman–Crippen MR) is 123 cm³/mol. The minimum Gasteiger partial charge on any atom is -0.335 e. The number of hydrogen-bond donors (Lipinski definition) is 2. The van der Waals surface area contributed by atoms with Gasteiger partial charge in [0.25, 0.3) is 5.91 Å². The Labute approximate surface area is 182 Å². The van der Waals surface area contributed by atoms with Crippen LogP contribution in [0.4, 0.5) is 0 Å². The number of aromatic nitrogens is 2. The van der Waals surface area contributed by atoms with Crippen LogP contribution in [0.15, 0.2) is 59.4 Å². The number of carbonyl (C=O) groups excluding carboxylic acids is 1. The average Bonchev–Trinajstić information content (AvgIpc) is 3.10. The van der Waals surface area contributed by atoms with Crippen LogP contribution in [-0.4, -0.2) is 52.7 Å². The molecule has 31 heavy (non-hydrogen) atoms. The lowest BCUT2D eigenvalue weighted by Crippen LogP contribution is -2.47. The van der Waals surface area contributed by atoms with Crippen LogP contribution in [0.5, 0.6) is 0 Å². The fourth-order valence-electron chi connectivity index (χ4n) is 4.14. The second kappa shape index (κ2) is 9.32. The molecule has 1 fully saturated rings. The fourth-order valence-corrected chi connectivity index (χ4v) is 4.14. The Morgan fingerprint density at radius 2 is 1.71 bits per heavy atom. The van der Waals surface area contributed by atoms with Gasteiger partial charge in [-0.3, -0.25) is 13.9 Å². The molecule has 0 unspecified atom stereocenters. The SMILES string of the molecule is Cc1ccccc1-n1c(-c2ccccc2)c(C(=O)N2CCNCC2)n(CCCN)c1=O. The largest absolute Gasteiger partial charge is 0.335 e. The van der Waals surface area contributed by atoms with Crippen LogP contribution in [0.1, 0.15) is 22.5 Å². The summed E-state index contributed by atoms with van der Waals surface area (Å²) in [6, 6.07) is 17.5. The van der Waals surface area contributed by atoms with Crippen molar-refractivity contribution in [2.75, 3.05) is 32.7 Å². The van der Waals surface area contributed by atoms with Crippen molar-refractivity contribution in [3.63, 3.8) is 0 Å². The minimum absolute atomic E-state index is 0.109. The van der Waals surface area contributed by atoms with Gasteiger partial charge in [0.15, 0.2) is 0 Å². The van der Waals surface area contributed by atoms with Crippen molar-refractivity contribution in [3.05, 3.63) is 76.3 Å². The Bertz CT molecular complexity index is 1110. The van der Waals surface area contributed by atoms with Gasteiger partial charge >= 0.3 is 5.69 Å². The highest BCUT2D eigenvalue weighted by atomic mass is 16.2. The van der Waals surface area contributed by atoms with Gasteiger partial charge in [0.1, 0.15) is 5.69 Å². The van der Waals surface area contributed by atoms with Gasteiger partial charge in [0.05, 0.1) is 11.4 Å². The zero-order valence-corrected chi connectivity index (χ0v) is 17.9. The average molecular weight is 420 g/mol. The van der Waals surface area contributed by atoms with Gasteiger partial charge in [-0.05, 0) is 31.5 Å². The Morgan fingerprint density at radius 1 is 1.03 bits per heavy atom. The summed E-state index contributed by atoms with van der Waals surface area (Å²) in [5, 5.41) is 3.28. The molecule has 0 radical (unpaired) electrons. The van der Waals surface area contributed by atoms with Crippen LogP contribution >= 0.6 is 0 Å². The van der Waals surface area contributed by atoms with E-state index < -0.39 is 0 Å². The molecule has 1 aliphatic heterocycles. The molecule has 7 heteroatoms. The lowest BCUT2D eigenvalue weighted by molar-refractivity contribution is 0.0725. The number of benzene rings is 2. The molecule has 1 saturated heterocycles. The van der Waals surface area contributed by atoms with Crippen LogP contribution in [0.3, 0.4) is 0 Å². The third-order valence-electron chi connectivity index (χ3n) is 5.74. The topological polar surface area (TPSA) is 85.3 Å². The smallest absolute Gasteiger partial charge is 0.333 e. The first kappa shape index (κ1) is 21.1. The standard InChI is InChI=1S/C24H29N5O2/c1-18-8-5-6-11-20(18)29-21(19-9-3-2-4-10-19)22(28(24(29)31)15-7-12-25)23(30)27-16-13-26-14-17-27/h2-6,8-11,26H,7,12-17,25H2,1H3. The van der Waals surface area contributed by atoms with Crippen molar-refractivity contribution in [1.29, 1.82) is 0 Å². The molecule has 0 spiro atoms. The van der Waals surface area contributed by atoms with E-state index in [9.17, 15) is 9.59 Å². The Morgan fingerprint density at radius 3 is 2.39 bits per heavy atom. The van der Waals surface area contributed by atoms with E-state index in [1.165, 1.54) is 0 Å². The summed E-state index contributed by atoms with van der Waals surface area (Å²) in [7, 11) is 0. The number of piperazine rings is 1. The first-order valence-electron chi connectivity index (χ1n) is 10.8. The number of nitrogens with two attached hydrogens (primary N) is 1. The molecule has 0 saturated carbocycles. The normalized spacial score (nSPS) is 14.1. The summed E-state index contributed by atoms with van der Waals surface area (Å²) in [6.07, 6.45) is 0.619. The Kier molecular flexibility index (Phi) is 6.34. The maximum atomic E-state index is 13.8.